The van der Waals surface area contributed by atoms with Crippen LogP contribution in [0.4, 0.5) is 0 Å². The number of hydrogen-bond donors (Lipinski definition) is 1. The van der Waals surface area contributed by atoms with Crippen molar-refractivity contribution in [2.75, 3.05) is 6.61 Å². The molecule has 0 spiro atoms. The minimum Gasteiger partial charge on any atom is -0.491 e. The second-order valence-electron chi connectivity index (χ2n) is 4.99. The van der Waals surface area contributed by atoms with Crippen LogP contribution in [-0.2, 0) is 0 Å². The highest BCUT2D eigenvalue weighted by Gasteiger charge is 2.12. The first-order valence-corrected chi connectivity index (χ1v) is 6.45. The second-order valence-corrected chi connectivity index (χ2v) is 4.99. The lowest BCUT2D eigenvalue weighted by Crippen LogP contribution is -2.24. The maximum atomic E-state index is 9.83. The molecule has 0 radical (unpaired) electrons. The van der Waals surface area contributed by atoms with Crippen LogP contribution in [0.3, 0.4) is 0 Å². The molecule has 1 N–H and O–H groups in total. The molecule has 2 unspecified atom stereocenters. The van der Waals surface area contributed by atoms with Crippen molar-refractivity contribution in [3.05, 3.63) is 29.8 Å². The van der Waals surface area contributed by atoms with Crippen LogP contribution in [0, 0.1) is 5.92 Å². The molecule has 1 aromatic carbocycles. The third-order valence-corrected chi connectivity index (χ3v) is 3.25. The highest BCUT2D eigenvalue weighted by molar-refractivity contribution is 5.30. The van der Waals surface area contributed by atoms with Gasteiger partial charge < -0.3 is 9.84 Å². The van der Waals surface area contributed by atoms with E-state index in [1.54, 1.807) is 0 Å². The van der Waals surface area contributed by atoms with Crippen LogP contribution in [0.2, 0.25) is 0 Å². The van der Waals surface area contributed by atoms with Crippen LogP contribution < -0.4 is 4.74 Å². The predicted molar refractivity (Wildman–Crippen MR) is 71.5 cm³/mol. The molecular formula is C15H24O2. The normalized spacial score (nSPS) is 14.7. The average Bonchev–Trinajstić information content (AvgIpc) is 2.35. The highest BCUT2D eigenvalue weighted by atomic mass is 16.5. The Labute approximate surface area is 105 Å². The molecule has 0 amide bonds. The number of rotatable bonds is 6. The first-order chi connectivity index (χ1) is 8.04. The van der Waals surface area contributed by atoms with Crippen molar-refractivity contribution in [1.29, 1.82) is 0 Å². The Morgan fingerprint density at radius 2 is 1.94 bits per heavy atom. The second kappa shape index (κ2) is 6.65. The molecule has 0 heterocycles. The standard InChI is InChI=1S/C15H24O2/c1-5-12(4)15(16)10-17-14-8-6-7-13(9-14)11(2)3/h6-9,11-12,15-16H,5,10H2,1-4H3. The van der Waals surface area contributed by atoms with E-state index in [9.17, 15) is 5.11 Å². The maximum absolute atomic E-state index is 9.83. The average molecular weight is 236 g/mol. The third kappa shape index (κ3) is 4.39. The molecule has 0 saturated heterocycles. The van der Waals surface area contributed by atoms with Crippen molar-refractivity contribution < 1.29 is 9.84 Å². The monoisotopic (exact) mass is 236 g/mol. The van der Waals surface area contributed by atoms with Gasteiger partial charge in [0.05, 0.1) is 6.10 Å². The Kier molecular flexibility index (Phi) is 5.49. The summed E-state index contributed by atoms with van der Waals surface area (Å²) >= 11 is 0. The van der Waals surface area contributed by atoms with E-state index >= 15 is 0 Å². The minimum absolute atomic E-state index is 0.281. The van der Waals surface area contributed by atoms with E-state index in [2.05, 4.69) is 26.8 Å². The fraction of sp³-hybridized carbons (Fsp3) is 0.600. The fourth-order valence-electron chi connectivity index (χ4n) is 1.58. The summed E-state index contributed by atoms with van der Waals surface area (Å²) in [6, 6.07) is 8.09. The zero-order valence-corrected chi connectivity index (χ0v) is 11.3. The summed E-state index contributed by atoms with van der Waals surface area (Å²) < 4.78 is 5.63. The van der Waals surface area contributed by atoms with E-state index < -0.39 is 0 Å². The zero-order chi connectivity index (χ0) is 12.8. The van der Waals surface area contributed by atoms with Crippen LogP contribution in [0.5, 0.6) is 5.75 Å². The maximum Gasteiger partial charge on any atom is 0.119 e. The Bertz CT molecular complexity index is 333. The Balaban J connectivity index is 2.54. The van der Waals surface area contributed by atoms with Gasteiger partial charge in [-0.15, -0.1) is 0 Å². The van der Waals surface area contributed by atoms with Gasteiger partial charge in [0.2, 0.25) is 0 Å². The van der Waals surface area contributed by atoms with Gasteiger partial charge in [0.1, 0.15) is 12.4 Å². The first kappa shape index (κ1) is 14.0. The molecule has 2 heteroatoms. The smallest absolute Gasteiger partial charge is 0.119 e. The molecule has 2 nitrogen and oxygen atoms in total. The van der Waals surface area contributed by atoms with Gasteiger partial charge in [-0.05, 0) is 29.5 Å². The molecule has 0 aliphatic heterocycles. The summed E-state index contributed by atoms with van der Waals surface area (Å²) in [5.74, 6) is 1.62. The first-order valence-electron chi connectivity index (χ1n) is 6.45. The number of ether oxygens (including phenoxy) is 1. The number of aliphatic hydroxyl groups is 1. The van der Waals surface area contributed by atoms with E-state index in [1.807, 2.05) is 25.1 Å². The third-order valence-electron chi connectivity index (χ3n) is 3.25. The lowest BCUT2D eigenvalue weighted by Gasteiger charge is -2.18. The van der Waals surface area contributed by atoms with Crippen LogP contribution in [-0.4, -0.2) is 17.8 Å². The fourth-order valence-corrected chi connectivity index (χ4v) is 1.58. The lowest BCUT2D eigenvalue weighted by atomic mass is 10.0. The molecule has 0 aliphatic rings. The lowest BCUT2D eigenvalue weighted by molar-refractivity contribution is 0.0621. The van der Waals surface area contributed by atoms with E-state index in [4.69, 9.17) is 4.74 Å². The Morgan fingerprint density at radius 3 is 2.53 bits per heavy atom. The molecule has 0 aliphatic carbocycles. The summed E-state index contributed by atoms with van der Waals surface area (Å²) in [5.41, 5.74) is 1.26. The largest absolute Gasteiger partial charge is 0.491 e. The van der Waals surface area contributed by atoms with Crippen molar-refractivity contribution in [1.82, 2.24) is 0 Å². The quantitative estimate of drug-likeness (QED) is 0.817. The van der Waals surface area contributed by atoms with Gasteiger partial charge in [0.25, 0.3) is 0 Å². The molecule has 0 aromatic heterocycles. The molecular weight excluding hydrogens is 212 g/mol. The summed E-state index contributed by atoms with van der Waals surface area (Å²) in [4.78, 5) is 0. The Morgan fingerprint density at radius 1 is 1.24 bits per heavy atom. The van der Waals surface area contributed by atoms with Crippen LogP contribution in [0.25, 0.3) is 0 Å². The molecule has 0 bridgehead atoms. The van der Waals surface area contributed by atoms with Crippen molar-refractivity contribution in [2.45, 2.75) is 46.1 Å². The van der Waals surface area contributed by atoms with Crippen molar-refractivity contribution in [3.63, 3.8) is 0 Å². The topological polar surface area (TPSA) is 29.5 Å². The SMILES string of the molecule is CCC(C)C(O)COc1cccc(C(C)C)c1. The van der Waals surface area contributed by atoms with Gasteiger partial charge in [-0.2, -0.15) is 0 Å². The zero-order valence-electron chi connectivity index (χ0n) is 11.3. The number of aliphatic hydroxyl groups excluding tert-OH is 1. The molecule has 0 fully saturated rings. The van der Waals surface area contributed by atoms with Gasteiger partial charge in [0, 0.05) is 0 Å². The van der Waals surface area contributed by atoms with Gasteiger partial charge in [-0.1, -0.05) is 46.2 Å². The molecule has 0 saturated carbocycles. The van der Waals surface area contributed by atoms with Gasteiger partial charge in [0.15, 0.2) is 0 Å². The van der Waals surface area contributed by atoms with Crippen molar-refractivity contribution in [3.8, 4) is 5.75 Å². The molecule has 2 atom stereocenters. The molecule has 1 rings (SSSR count). The van der Waals surface area contributed by atoms with Crippen molar-refractivity contribution >= 4 is 0 Å². The van der Waals surface area contributed by atoms with Crippen LogP contribution in [0.1, 0.15) is 45.6 Å². The van der Waals surface area contributed by atoms with E-state index in [0.717, 1.165) is 12.2 Å². The summed E-state index contributed by atoms with van der Waals surface area (Å²) in [6.45, 7) is 8.81. The summed E-state index contributed by atoms with van der Waals surface area (Å²) in [6.07, 6.45) is 0.582. The molecule has 96 valence electrons. The van der Waals surface area contributed by atoms with Gasteiger partial charge in [-0.25, -0.2) is 0 Å². The number of hydrogen-bond acceptors (Lipinski definition) is 2. The molecule has 17 heavy (non-hydrogen) atoms. The van der Waals surface area contributed by atoms with Crippen LogP contribution in [0.15, 0.2) is 24.3 Å². The summed E-state index contributed by atoms with van der Waals surface area (Å²) in [7, 11) is 0. The predicted octanol–water partition coefficient (Wildman–Crippen LogP) is 3.60. The van der Waals surface area contributed by atoms with Crippen LogP contribution >= 0.6 is 0 Å². The van der Waals surface area contributed by atoms with E-state index in [0.29, 0.717) is 12.5 Å². The Hall–Kier alpha value is -1.02. The minimum atomic E-state index is -0.386. The summed E-state index contributed by atoms with van der Waals surface area (Å²) in [5, 5.41) is 9.83. The van der Waals surface area contributed by atoms with E-state index in [1.165, 1.54) is 5.56 Å². The van der Waals surface area contributed by atoms with Gasteiger partial charge in [-0.3, -0.25) is 0 Å². The number of benzene rings is 1. The van der Waals surface area contributed by atoms with E-state index in [-0.39, 0.29) is 12.0 Å². The highest BCUT2D eigenvalue weighted by Crippen LogP contribution is 2.20. The van der Waals surface area contributed by atoms with Gasteiger partial charge >= 0.3 is 0 Å². The van der Waals surface area contributed by atoms with Crippen molar-refractivity contribution in [2.24, 2.45) is 5.92 Å². The molecule has 1 aromatic rings.